The number of anilines is 3. The van der Waals surface area contributed by atoms with Crippen LogP contribution in [-0.2, 0) is 0 Å². The van der Waals surface area contributed by atoms with Gasteiger partial charge in [-0.3, -0.25) is 9.69 Å². The fourth-order valence-electron chi connectivity index (χ4n) is 2.14. The Morgan fingerprint density at radius 3 is 2.00 bits per heavy atom. The van der Waals surface area contributed by atoms with Gasteiger partial charge in [-0.15, -0.1) is 0 Å². The minimum Gasteiger partial charge on any atom is -0.366 e. The summed E-state index contributed by atoms with van der Waals surface area (Å²) in [7, 11) is 0. The number of rotatable bonds is 4. The van der Waals surface area contributed by atoms with Gasteiger partial charge in [-0.25, -0.2) is 9.97 Å². The molecule has 0 bridgehead atoms. The molecular weight excluding hydrogens is 276 g/mol. The molecule has 0 aliphatic rings. The van der Waals surface area contributed by atoms with Crippen LogP contribution in [0.15, 0.2) is 73.1 Å². The summed E-state index contributed by atoms with van der Waals surface area (Å²) < 4.78 is 0. The molecule has 5 nitrogen and oxygen atoms in total. The van der Waals surface area contributed by atoms with Crippen LogP contribution < -0.4 is 10.6 Å². The first-order valence-corrected chi connectivity index (χ1v) is 6.78. The number of nitrogens with zero attached hydrogens (tertiary/aromatic N) is 3. The van der Waals surface area contributed by atoms with Crippen molar-refractivity contribution in [2.24, 2.45) is 5.73 Å². The first-order valence-electron chi connectivity index (χ1n) is 6.78. The van der Waals surface area contributed by atoms with E-state index in [9.17, 15) is 4.79 Å². The molecule has 2 aromatic carbocycles. The summed E-state index contributed by atoms with van der Waals surface area (Å²) >= 11 is 0. The number of para-hydroxylation sites is 1. The Morgan fingerprint density at radius 2 is 1.41 bits per heavy atom. The fraction of sp³-hybridized carbons (Fsp3) is 0. The molecular formula is C17H14N4O. The van der Waals surface area contributed by atoms with Crippen molar-refractivity contribution < 1.29 is 4.79 Å². The highest BCUT2D eigenvalue weighted by Crippen LogP contribution is 2.31. The van der Waals surface area contributed by atoms with Crippen LogP contribution in [0, 0.1) is 0 Å². The largest absolute Gasteiger partial charge is 0.366 e. The maximum Gasteiger partial charge on any atom is 0.248 e. The lowest BCUT2D eigenvalue weighted by Gasteiger charge is -2.22. The van der Waals surface area contributed by atoms with Gasteiger partial charge in [0.15, 0.2) is 0 Å². The molecule has 0 unspecified atom stereocenters. The second-order valence-corrected chi connectivity index (χ2v) is 4.63. The van der Waals surface area contributed by atoms with Gasteiger partial charge in [0.25, 0.3) is 0 Å². The van der Waals surface area contributed by atoms with Crippen molar-refractivity contribution in [2.75, 3.05) is 4.90 Å². The predicted octanol–water partition coefficient (Wildman–Crippen LogP) is 3.05. The second kappa shape index (κ2) is 6.05. The Balaban J connectivity index is 2.08. The zero-order valence-electron chi connectivity index (χ0n) is 11.8. The van der Waals surface area contributed by atoms with Crippen LogP contribution >= 0.6 is 0 Å². The van der Waals surface area contributed by atoms with E-state index in [2.05, 4.69) is 9.97 Å². The first kappa shape index (κ1) is 13.8. The highest BCUT2D eigenvalue weighted by molar-refractivity contribution is 5.93. The van der Waals surface area contributed by atoms with E-state index in [1.54, 1.807) is 30.6 Å². The molecule has 0 saturated heterocycles. The van der Waals surface area contributed by atoms with Crippen LogP contribution in [0.5, 0.6) is 0 Å². The van der Waals surface area contributed by atoms with Crippen molar-refractivity contribution >= 4 is 23.2 Å². The number of benzene rings is 2. The summed E-state index contributed by atoms with van der Waals surface area (Å²) in [5.74, 6) is 0.106. The van der Waals surface area contributed by atoms with Crippen LogP contribution in [0.4, 0.5) is 17.3 Å². The van der Waals surface area contributed by atoms with Gasteiger partial charge >= 0.3 is 0 Å². The molecule has 3 aromatic rings. The van der Waals surface area contributed by atoms with E-state index in [0.717, 1.165) is 11.4 Å². The zero-order valence-corrected chi connectivity index (χ0v) is 11.8. The summed E-state index contributed by atoms with van der Waals surface area (Å²) in [6, 6.07) is 18.6. The molecule has 0 atom stereocenters. The van der Waals surface area contributed by atoms with Gasteiger partial charge in [-0.05, 0) is 42.5 Å². The smallest absolute Gasteiger partial charge is 0.248 e. The standard InChI is InChI=1S/C17H14N4O/c18-16(22)13-7-9-15(10-8-13)21(14-5-2-1-3-6-14)17-19-11-4-12-20-17/h1-12H,(H2,18,22). The predicted molar refractivity (Wildman–Crippen MR) is 85.2 cm³/mol. The van der Waals surface area contributed by atoms with E-state index in [1.165, 1.54) is 0 Å². The summed E-state index contributed by atoms with van der Waals surface area (Å²) in [5, 5.41) is 0. The fourth-order valence-corrected chi connectivity index (χ4v) is 2.14. The lowest BCUT2D eigenvalue weighted by atomic mass is 10.1. The number of hydrogen-bond donors (Lipinski definition) is 1. The van der Waals surface area contributed by atoms with Crippen molar-refractivity contribution in [1.29, 1.82) is 0 Å². The molecule has 0 spiro atoms. The third-order valence-electron chi connectivity index (χ3n) is 3.18. The summed E-state index contributed by atoms with van der Waals surface area (Å²) in [4.78, 5) is 21.7. The highest BCUT2D eigenvalue weighted by Gasteiger charge is 2.14. The van der Waals surface area contributed by atoms with Crippen LogP contribution in [-0.4, -0.2) is 15.9 Å². The van der Waals surface area contributed by atoms with E-state index in [-0.39, 0.29) is 0 Å². The quantitative estimate of drug-likeness (QED) is 0.801. The zero-order chi connectivity index (χ0) is 15.4. The van der Waals surface area contributed by atoms with Crippen molar-refractivity contribution in [3.05, 3.63) is 78.6 Å². The van der Waals surface area contributed by atoms with Crippen LogP contribution in [0.25, 0.3) is 0 Å². The SMILES string of the molecule is NC(=O)c1ccc(N(c2ccccc2)c2ncccn2)cc1. The number of hydrogen-bond acceptors (Lipinski definition) is 4. The number of carbonyl (C=O) groups is 1. The third-order valence-corrected chi connectivity index (χ3v) is 3.18. The van der Waals surface area contributed by atoms with Gasteiger partial charge < -0.3 is 5.73 Å². The molecule has 0 aliphatic heterocycles. The molecule has 1 amide bonds. The van der Waals surface area contributed by atoms with Crippen molar-refractivity contribution in [2.45, 2.75) is 0 Å². The van der Waals surface area contributed by atoms with Crippen LogP contribution in [0.1, 0.15) is 10.4 Å². The van der Waals surface area contributed by atoms with E-state index in [1.807, 2.05) is 47.4 Å². The van der Waals surface area contributed by atoms with Gasteiger partial charge in [-0.1, -0.05) is 18.2 Å². The van der Waals surface area contributed by atoms with Gasteiger partial charge in [0.1, 0.15) is 0 Å². The maximum atomic E-state index is 11.2. The van der Waals surface area contributed by atoms with Gasteiger partial charge in [0.05, 0.1) is 0 Å². The minimum absolute atomic E-state index is 0.450. The van der Waals surface area contributed by atoms with Crippen molar-refractivity contribution in [3.63, 3.8) is 0 Å². The third kappa shape index (κ3) is 2.78. The van der Waals surface area contributed by atoms with E-state index in [4.69, 9.17) is 5.73 Å². The Hall–Kier alpha value is -3.21. The number of carbonyl (C=O) groups excluding carboxylic acids is 1. The lowest BCUT2D eigenvalue weighted by Crippen LogP contribution is -2.14. The molecule has 5 heteroatoms. The molecule has 1 heterocycles. The minimum atomic E-state index is -0.450. The normalized spacial score (nSPS) is 10.2. The average molecular weight is 290 g/mol. The Kier molecular flexibility index (Phi) is 3.78. The molecule has 22 heavy (non-hydrogen) atoms. The highest BCUT2D eigenvalue weighted by atomic mass is 16.1. The van der Waals surface area contributed by atoms with E-state index >= 15 is 0 Å². The lowest BCUT2D eigenvalue weighted by molar-refractivity contribution is 0.100. The molecule has 108 valence electrons. The molecule has 3 rings (SSSR count). The number of aromatic nitrogens is 2. The van der Waals surface area contributed by atoms with Crippen molar-refractivity contribution in [1.82, 2.24) is 9.97 Å². The van der Waals surface area contributed by atoms with Crippen molar-refractivity contribution in [3.8, 4) is 0 Å². The molecule has 2 N–H and O–H groups in total. The van der Waals surface area contributed by atoms with Gasteiger partial charge in [0, 0.05) is 29.3 Å². The number of nitrogens with two attached hydrogens (primary N) is 1. The molecule has 0 fully saturated rings. The summed E-state index contributed by atoms with van der Waals surface area (Å²) in [5.41, 5.74) is 7.53. The van der Waals surface area contributed by atoms with E-state index in [0.29, 0.717) is 11.5 Å². The average Bonchev–Trinajstić information content (AvgIpc) is 2.57. The first-order chi connectivity index (χ1) is 10.8. The van der Waals surface area contributed by atoms with Gasteiger partial charge in [0.2, 0.25) is 11.9 Å². The topological polar surface area (TPSA) is 72.1 Å². The summed E-state index contributed by atoms with van der Waals surface area (Å²) in [6.07, 6.45) is 3.38. The van der Waals surface area contributed by atoms with E-state index < -0.39 is 5.91 Å². The molecule has 0 aliphatic carbocycles. The maximum absolute atomic E-state index is 11.2. The molecule has 0 saturated carbocycles. The monoisotopic (exact) mass is 290 g/mol. The summed E-state index contributed by atoms with van der Waals surface area (Å²) in [6.45, 7) is 0. The number of primary amides is 1. The Bertz CT molecular complexity index is 718. The number of amides is 1. The van der Waals surface area contributed by atoms with Crippen LogP contribution in [0.3, 0.4) is 0 Å². The van der Waals surface area contributed by atoms with Gasteiger partial charge in [-0.2, -0.15) is 0 Å². The second-order valence-electron chi connectivity index (χ2n) is 4.63. The van der Waals surface area contributed by atoms with Crippen LogP contribution in [0.2, 0.25) is 0 Å². The molecule has 0 radical (unpaired) electrons. The Labute approximate surface area is 128 Å². The molecule has 1 aromatic heterocycles. The Morgan fingerprint density at radius 1 is 0.818 bits per heavy atom.